The van der Waals surface area contributed by atoms with Gasteiger partial charge in [0, 0.05) is 47.2 Å². The smallest absolute Gasteiger partial charge is 0.306 e. The molecule has 15 nitrogen and oxygen atoms in total. The largest absolute Gasteiger partial charge is 0.489 e. The van der Waals surface area contributed by atoms with Crippen LogP contribution in [0.25, 0.3) is 20.4 Å². The summed E-state index contributed by atoms with van der Waals surface area (Å²) in [5.74, 6) is 2.42. The highest BCUT2D eigenvalue weighted by Gasteiger charge is 2.35. The number of rotatable bonds is 11. The highest BCUT2D eigenvalue weighted by atomic mass is 32.1. The van der Waals surface area contributed by atoms with Gasteiger partial charge in [-0.25, -0.2) is 19.9 Å². The van der Waals surface area contributed by atoms with Gasteiger partial charge in [0.2, 0.25) is 5.91 Å². The molecule has 0 saturated carbocycles. The molecule has 7 heterocycles. The van der Waals surface area contributed by atoms with Gasteiger partial charge in [-0.05, 0) is 144 Å². The number of nitrogens with one attached hydrogen (secondary N) is 2. The van der Waals surface area contributed by atoms with Crippen LogP contribution in [0.15, 0.2) is 46.9 Å². The molecule has 4 aromatic heterocycles. The lowest BCUT2D eigenvalue weighted by atomic mass is 9.87. The van der Waals surface area contributed by atoms with E-state index in [1.165, 1.54) is 21.6 Å². The van der Waals surface area contributed by atoms with Crippen molar-refractivity contribution in [2.75, 3.05) is 37.8 Å². The Morgan fingerprint density at radius 1 is 0.731 bits per heavy atom. The van der Waals surface area contributed by atoms with Gasteiger partial charge < -0.3 is 35.0 Å². The number of aromatic nitrogens is 4. The fourth-order valence-electron chi connectivity index (χ4n) is 9.88. The minimum Gasteiger partial charge on any atom is -0.489 e. The van der Waals surface area contributed by atoms with Crippen LogP contribution in [0.3, 0.4) is 0 Å². The third-order valence-corrected chi connectivity index (χ3v) is 15.6. The number of aryl methyl sites for hydroxylation is 2. The van der Waals surface area contributed by atoms with Gasteiger partial charge in [-0.1, -0.05) is 0 Å². The van der Waals surface area contributed by atoms with E-state index < -0.39 is 5.97 Å². The van der Waals surface area contributed by atoms with Crippen molar-refractivity contribution in [3.05, 3.63) is 80.1 Å². The van der Waals surface area contributed by atoms with Crippen molar-refractivity contribution in [3.63, 3.8) is 0 Å². The van der Waals surface area contributed by atoms with Crippen LogP contribution in [0.1, 0.15) is 90.1 Å². The number of ether oxygens (including phenoxy) is 2. The molecule has 3 aliphatic heterocycles. The van der Waals surface area contributed by atoms with Gasteiger partial charge in [0.15, 0.2) is 0 Å². The number of fused-ring (bicyclic) bond motifs is 8. The van der Waals surface area contributed by atoms with Gasteiger partial charge in [0.25, 0.3) is 0 Å². The summed E-state index contributed by atoms with van der Waals surface area (Å²) in [6.07, 6.45) is 12.6. The molecule has 0 bridgehead atoms. The van der Waals surface area contributed by atoms with Gasteiger partial charge in [0.05, 0.1) is 53.4 Å². The summed E-state index contributed by atoms with van der Waals surface area (Å²) in [4.78, 5) is 60.4. The maximum atomic E-state index is 13.4. The van der Waals surface area contributed by atoms with Crippen molar-refractivity contribution in [2.24, 2.45) is 21.8 Å². The summed E-state index contributed by atoms with van der Waals surface area (Å²) in [7, 11) is 4.20. The third kappa shape index (κ3) is 9.08. The van der Waals surface area contributed by atoms with Crippen LogP contribution < -0.4 is 20.1 Å². The highest BCUT2D eigenvalue weighted by Crippen LogP contribution is 2.44. The van der Waals surface area contributed by atoms with Crippen molar-refractivity contribution >= 4 is 90.4 Å². The zero-order valence-corrected chi connectivity index (χ0v) is 40.4. The normalized spacial score (nSPS) is 19.1. The quantitative estimate of drug-likeness (QED) is 0.113. The summed E-state index contributed by atoms with van der Waals surface area (Å²) >= 11 is 3.28. The van der Waals surface area contributed by atoms with Gasteiger partial charge in [-0.2, -0.15) is 0 Å². The van der Waals surface area contributed by atoms with Crippen molar-refractivity contribution in [2.45, 2.75) is 104 Å². The predicted molar refractivity (Wildman–Crippen MR) is 266 cm³/mol. The number of nitrogens with zero attached hydrogens (tertiary/aromatic N) is 8. The molecule has 0 spiro atoms. The topological polar surface area (TPSA) is 180 Å². The molecule has 17 heteroatoms. The molecule has 348 valence electrons. The summed E-state index contributed by atoms with van der Waals surface area (Å²) in [5.41, 5.74) is 8.69. The first-order chi connectivity index (χ1) is 32.4. The monoisotopic (exact) mass is 940 g/mol. The third-order valence-electron chi connectivity index (χ3n) is 13.3. The SMILES string of the molecule is CC(C)Oc1cc2c(cc1Nc1ncnc3sc4c(c13)CC[C@H](C(=O)N1CC[C@H](N(C)C)C1)C4)C=NC2.CC(C)Oc1cc2c(cc1Nc1ncnc3sc4c(c13)CC[C@H](C(=O)O)C4)C=NC2. The predicted octanol–water partition coefficient (Wildman–Crippen LogP) is 8.77. The highest BCUT2D eigenvalue weighted by molar-refractivity contribution is 7.19. The minimum atomic E-state index is -0.724. The molecule has 2 aliphatic carbocycles. The van der Waals surface area contributed by atoms with Crippen LogP contribution in [0, 0.1) is 11.8 Å². The molecule has 1 saturated heterocycles. The zero-order valence-electron chi connectivity index (χ0n) is 38.8. The van der Waals surface area contributed by atoms with Crippen molar-refractivity contribution in [1.82, 2.24) is 29.7 Å². The molecular weight excluding hydrogens is 885 g/mol. The van der Waals surface area contributed by atoms with E-state index in [4.69, 9.17) is 9.47 Å². The van der Waals surface area contributed by atoms with Gasteiger partial charge in [-0.3, -0.25) is 19.6 Å². The van der Waals surface area contributed by atoms with E-state index in [1.54, 1.807) is 35.3 Å². The van der Waals surface area contributed by atoms with Crippen LogP contribution in [0.2, 0.25) is 0 Å². The van der Waals surface area contributed by atoms with E-state index in [9.17, 15) is 14.7 Å². The Morgan fingerprint density at radius 2 is 1.24 bits per heavy atom. The fraction of sp³-hybridized carbons (Fsp3) is 0.440. The van der Waals surface area contributed by atoms with Crippen LogP contribution in [-0.2, 0) is 48.4 Å². The molecule has 1 amide bonds. The number of thiophene rings is 2. The number of likely N-dealkylation sites (tertiary alicyclic amines) is 1. The molecule has 5 aliphatic rings. The van der Waals surface area contributed by atoms with Gasteiger partial charge in [-0.15, -0.1) is 22.7 Å². The molecule has 6 aromatic rings. The first-order valence-electron chi connectivity index (χ1n) is 23.3. The standard InChI is InChI=1S/C28H34N6O2S.C22H22N4O3S/c1-16(2)36-23-10-19-13-29-12-18(19)9-22(23)32-26-25-21-6-5-17(11-24(21)37-27(25)31-15-30-26)28(35)34-8-7-20(14-34)33(3)4;1-11(2)29-17-6-14-9-23-8-13(14)5-16(17)26-20-19-15-4-3-12(22(27)28)7-18(15)30-21(19)25-10-24-20/h9-10,12,15-17,20H,5-8,11,13-14H2,1-4H3,(H,30,31,32);5-6,8,10-12H,3-4,7,9H2,1-2H3,(H,27,28)(H,24,25,26)/t17-,20-;12-/m00/s1. The molecular formula is C50H56N10O5S2. The second-order valence-electron chi connectivity index (χ2n) is 18.8. The molecule has 3 atom stereocenters. The maximum absolute atomic E-state index is 13.4. The summed E-state index contributed by atoms with van der Waals surface area (Å²) < 4.78 is 12.2. The zero-order chi connectivity index (χ0) is 46.5. The number of benzene rings is 2. The van der Waals surface area contributed by atoms with E-state index in [2.05, 4.69) is 82.6 Å². The first-order valence-corrected chi connectivity index (χ1v) is 24.9. The summed E-state index contributed by atoms with van der Waals surface area (Å²) in [5, 5.41) is 18.5. The summed E-state index contributed by atoms with van der Waals surface area (Å²) in [6.45, 7) is 11.1. The number of hydrogen-bond donors (Lipinski definition) is 3. The number of hydrogen-bond acceptors (Lipinski definition) is 15. The summed E-state index contributed by atoms with van der Waals surface area (Å²) in [6, 6.07) is 8.75. The fourth-order valence-corrected chi connectivity index (χ4v) is 12.4. The van der Waals surface area contributed by atoms with Crippen molar-refractivity contribution in [3.8, 4) is 11.5 Å². The Kier molecular flexibility index (Phi) is 12.4. The number of carbonyl (C=O) groups is 2. The number of likely N-dealkylation sites (N-methyl/N-ethyl adjacent to an activating group) is 1. The Labute approximate surface area is 397 Å². The van der Waals surface area contributed by atoms with E-state index in [0.717, 1.165) is 122 Å². The number of anilines is 4. The van der Waals surface area contributed by atoms with Crippen LogP contribution >= 0.6 is 22.7 Å². The second kappa shape index (κ2) is 18.6. The van der Waals surface area contributed by atoms with Gasteiger partial charge >= 0.3 is 5.97 Å². The van der Waals surface area contributed by atoms with E-state index in [-0.39, 0.29) is 24.0 Å². The van der Waals surface area contributed by atoms with Crippen LogP contribution in [-0.4, -0.2) is 105 Å². The Balaban J connectivity index is 0.000000160. The second-order valence-corrected chi connectivity index (χ2v) is 21.0. The molecule has 0 unspecified atom stereocenters. The number of carboxylic acids is 1. The lowest BCUT2D eigenvalue weighted by Gasteiger charge is -2.27. The Bertz CT molecular complexity index is 2960. The van der Waals surface area contributed by atoms with E-state index in [1.807, 2.05) is 46.2 Å². The lowest BCUT2D eigenvalue weighted by Crippen LogP contribution is -2.39. The lowest BCUT2D eigenvalue weighted by molar-refractivity contribution is -0.142. The molecule has 0 radical (unpaired) electrons. The number of amides is 1. The van der Waals surface area contributed by atoms with Crippen LogP contribution in [0.5, 0.6) is 11.5 Å². The molecule has 67 heavy (non-hydrogen) atoms. The first kappa shape index (κ1) is 44.8. The maximum Gasteiger partial charge on any atom is 0.306 e. The minimum absolute atomic E-state index is 0.0400. The average Bonchev–Trinajstić information content (AvgIpc) is 4.15. The number of carbonyl (C=O) groups excluding carboxylic acids is 1. The Morgan fingerprint density at radius 3 is 1.72 bits per heavy atom. The van der Waals surface area contributed by atoms with Crippen molar-refractivity contribution in [1.29, 1.82) is 0 Å². The molecule has 1 fully saturated rings. The average molecular weight is 941 g/mol. The Hall–Kier alpha value is -6.04. The number of aliphatic carboxylic acids is 1. The van der Waals surface area contributed by atoms with Crippen molar-refractivity contribution < 1.29 is 24.2 Å². The number of carboxylic acid groups (broad SMARTS) is 1. The van der Waals surface area contributed by atoms with Crippen LogP contribution in [0.4, 0.5) is 23.0 Å². The molecule has 2 aromatic carbocycles. The van der Waals surface area contributed by atoms with E-state index >= 15 is 0 Å². The molecule has 11 rings (SSSR count). The number of aliphatic imine (C=N–C) groups is 2. The van der Waals surface area contributed by atoms with E-state index in [0.29, 0.717) is 37.9 Å². The molecule has 3 N–H and O–H groups in total. The van der Waals surface area contributed by atoms with Gasteiger partial charge in [0.1, 0.15) is 45.5 Å².